The summed E-state index contributed by atoms with van der Waals surface area (Å²) in [4.78, 5) is 44.8. The van der Waals surface area contributed by atoms with E-state index in [-0.39, 0.29) is 17.6 Å². The molecule has 0 saturated heterocycles. The van der Waals surface area contributed by atoms with Gasteiger partial charge in [0.15, 0.2) is 0 Å². The van der Waals surface area contributed by atoms with Crippen LogP contribution in [0, 0.1) is 0 Å². The van der Waals surface area contributed by atoms with Crippen molar-refractivity contribution in [1.82, 2.24) is 5.32 Å². The normalized spacial score (nSPS) is 15.6. The fraction of sp³-hybridized carbons (Fsp3) is 0.474. The Morgan fingerprint density at radius 1 is 1.21 bits per heavy atom. The van der Waals surface area contributed by atoms with Crippen molar-refractivity contribution in [3.63, 3.8) is 0 Å². The fourth-order valence-electron chi connectivity index (χ4n) is 2.78. The topological polar surface area (TPSA) is 170 Å². The Kier molecular flexibility index (Phi) is 9.07. The molecule has 0 unspecified atom stereocenters. The van der Waals surface area contributed by atoms with E-state index in [0.29, 0.717) is 25.1 Å². The zero-order valence-corrected chi connectivity index (χ0v) is 16.4. The molecule has 1 aromatic carbocycles. The minimum atomic E-state index is -1.82. The number of nitrogens with zero attached hydrogens (tertiary/aromatic N) is 1. The van der Waals surface area contributed by atoms with Gasteiger partial charge in [-0.05, 0) is 36.6 Å². The summed E-state index contributed by atoms with van der Waals surface area (Å²) in [6.45, 7) is 4.48. The molecule has 1 heterocycles. The largest absolute Gasteiger partial charge is 0.508 e. The Labute approximate surface area is 168 Å². The van der Waals surface area contributed by atoms with Crippen LogP contribution in [0.25, 0.3) is 0 Å². The third kappa shape index (κ3) is 6.46. The van der Waals surface area contributed by atoms with Crippen molar-refractivity contribution in [2.75, 3.05) is 11.4 Å². The summed E-state index contributed by atoms with van der Waals surface area (Å²) >= 11 is 0. The van der Waals surface area contributed by atoms with Crippen LogP contribution >= 0.6 is 0 Å². The van der Waals surface area contributed by atoms with Gasteiger partial charge in [-0.2, -0.15) is 0 Å². The highest BCUT2D eigenvalue weighted by molar-refractivity contribution is 6.27. The maximum atomic E-state index is 12.6. The number of aromatic hydroxyl groups is 1. The van der Waals surface area contributed by atoms with Crippen LogP contribution in [0.15, 0.2) is 18.2 Å². The van der Waals surface area contributed by atoms with E-state index in [1.54, 1.807) is 12.1 Å². The van der Waals surface area contributed by atoms with E-state index in [9.17, 15) is 14.7 Å². The van der Waals surface area contributed by atoms with Gasteiger partial charge in [-0.3, -0.25) is 14.5 Å². The molecule has 6 N–H and O–H groups in total. The van der Waals surface area contributed by atoms with E-state index < -0.39 is 24.0 Å². The molecule has 0 spiro atoms. The molecule has 10 nitrogen and oxygen atoms in total. The van der Waals surface area contributed by atoms with Crippen LogP contribution in [-0.4, -0.2) is 57.7 Å². The lowest BCUT2D eigenvalue weighted by molar-refractivity contribution is -0.159. The number of benzene rings is 1. The molecule has 0 fully saturated rings. The van der Waals surface area contributed by atoms with E-state index in [1.165, 1.54) is 11.0 Å². The Morgan fingerprint density at radius 3 is 2.34 bits per heavy atom. The summed E-state index contributed by atoms with van der Waals surface area (Å²) in [5.41, 5.74) is 7.34. The Morgan fingerprint density at radius 2 is 1.83 bits per heavy atom. The summed E-state index contributed by atoms with van der Waals surface area (Å²) < 4.78 is 0. The molecule has 1 aromatic rings. The van der Waals surface area contributed by atoms with Crippen LogP contribution in [0.3, 0.4) is 0 Å². The molecular formula is C19H27N3O7. The molecule has 1 aliphatic heterocycles. The summed E-state index contributed by atoms with van der Waals surface area (Å²) in [7, 11) is 0. The van der Waals surface area contributed by atoms with E-state index in [2.05, 4.69) is 12.2 Å². The molecular weight excluding hydrogens is 382 g/mol. The van der Waals surface area contributed by atoms with Crippen molar-refractivity contribution < 1.29 is 34.5 Å². The van der Waals surface area contributed by atoms with Crippen molar-refractivity contribution in [2.24, 2.45) is 5.73 Å². The number of anilines is 1. The van der Waals surface area contributed by atoms with Crippen LogP contribution in [0.1, 0.15) is 38.7 Å². The van der Waals surface area contributed by atoms with Crippen molar-refractivity contribution in [3.8, 4) is 5.75 Å². The first kappa shape index (κ1) is 23.9. The summed E-state index contributed by atoms with van der Waals surface area (Å²) in [5, 5.41) is 27.3. The number of unbranched alkanes of at least 4 members (excludes halogenated alkanes) is 1. The zero-order valence-electron chi connectivity index (χ0n) is 16.4. The number of carbonyl (C=O) groups is 4. The van der Waals surface area contributed by atoms with E-state index in [0.717, 1.165) is 18.4 Å². The second kappa shape index (κ2) is 11.0. The Hall–Kier alpha value is -3.14. The minimum absolute atomic E-state index is 0.128. The van der Waals surface area contributed by atoms with Gasteiger partial charge in [0.2, 0.25) is 11.8 Å². The molecule has 2 amide bonds. The number of carboxylic acids is 2. The summed E-state index contributed by atoms with van der Waals surface area (Å²) in [5.74, 6) is -3.95. The molecule has 1 aliphatic rings. The Balaban J connectivity index is 0.000000612. The maximum absolute atomic E-state index is 12.6. The van der Waals surface area contributed by atoms with Gasteiger partial charge < -0.3 is 26.4 Å². The predicted molar refractivity (Wildman–Crippen MR) is 105 cm³/mol. The number of hydrogen-bond donors (Lipinski definition) is 5. The maximum Gasteiger partial charge on any atom is 0.414 e. The second-order valence-corrected chi connectivity index (χ2v) is 6.51. The highest BCUT2D eigenvalue weighted by Gasteiger charge is 2.39. The molecule has 29 heavy (non-hydrogen) atoms. The fourth-order valence-corrected chi connectivity index (χ4v) is 2.78. The van der Waals surface area contributed by atoms with E-state index >= 15 is 0 Å². The van der Waals surface area contributed by atoms with Gasteiger partial charge in [-0.1, -0.05) is 20.3 Å². The smallest absolute Gasteiger partial charge is 0.414 e. The van der Waals surface area contributed by atoms with Crippen molar-refractivity contribution >= 4 is 29.4 Å². The SMILES string of the molecule is CCCCNC(=O)[C@@H]1Cc2cc(O)ccc2N1C(=O)[C@H](N)CC.O=C(O)C(=O)O. The number of carbonyl (C=O) groups excluding carboxylic acids is 2. The molecule has 2 rings (SSSR count). The van der Waals surface area contributed by atoms with Crippen molar-refractivity contribution in [1.29, 1.82) is 0 Å². The van der Waals surface area contributed by atoms with E-state index in [1.807, 2.05) is 6.92 Å². The first-order valence-corrected chi connectivity index (χ1v) is 9.28. The minimum Gasteiger partial charge on any atom is -0.508 e. The third-order valence-electron chi connectivity index (χ3n) is 4.36. The van der Waals surface area contributed by atoms with Gasteiger partial charge in [0, 0.05) is 18.7 Å². The summed E-state index contributed by atoms with van der Waals surface area (Å²) in [6, 6.07) is 3.56. The average molecular weight is 409 g/mol. The molecule has 10 heteroatoms. The number of nitrogens with two attached hydrogens (primary N) is 1. The van der Waals surface area contributed by atoms with Gasteiger partial charge in [-0.25, -0.2) is 9.59 Å². The lowest BCUT2D eigenvalue weighted by Crippen LogP contribution is -2.53. The summed E-state index contributed by atoms with van der Waals surface area (Å²) in [6.07, 6.45) is 2.79. The van der Waals surface area contributed by atoms with Crippen LogP contribution in [0.2, 0.25) is 0 Å². The number of aliphatic carboxylic acids is 2. The van der Waals surface area contributed by atoms with Gasteiger partial charge in [0.1, 0.15) is 11.8 Å². The number of nitrogens with one attached hydrogen (secondary N) is 1. The number of fused-ring (bicyclic) bond motifs is 1. The number of carboxylic acid groups (broad SMARTS) is 2. The quantitative estimate of drug-likeness (QED) is 0.333. The molecule has 160 valence electrons. The first-order chi connectivity index (χ1) is 13.6. The van der Waals surface area contributed by atoms with Crippen molar-refractivity contribution in [3.05, 3.63) is 23.8 Å². The van der Waals surface area contributed by atoms with Crippen LogP contribution in [0.5, 0.6) is 5.75 Å². The third-order valence-corrected chi connectivity index (χ3v) is 4.36. The van der Waals surface area contributed by atoms with Gasteiger partial charge >= 0.3 is 11.9 Å². The van der Waals surface area contributed by atoms with Gasteiger partial charge in [-0.15, -0.1) is 0 Å². The number of hydrogen-bond acceptors (Lipinski definition) is 6. The number of rotatable bonds is 6. The molecule has 0 bridgehead atoms. The number of phenolic OH excluding ortho intramolecular Hbond substituents is 1. The zero-order chi connectivity index (χ0) is 22.1. The lowest BCUT2D eigenvalue weighted by atomic mass is 10.1. The van der Waals surface area contributed by atoms with Crippen LogP contribution < -0.4 is 16.0 Å². The highest BCUT2D eigenvalue weighted by Crippen LogP contribution is 2.35. The van der Waals surface area contributed by atoms with E-state index in [4.69, 9.17) is 25.5 Å². The molecule has 2 atom stereocenters. The predicted octanol–water partition coefficient (Wildman–Crippen LogP) is 0.459. The van der Waals surface area contributed by atoms with Crippen molar-refractivity contribution in [2.45, 2.75) is 51.6 Å². The standard InChI is InChI=1S/C17H25N3O3.C2H2O4/c1-3-5-8-19-16(22)15-10-11-9-12(21)6-7-14(11)20(15)17(23)13(18)4-2;3-1(4)2(5)6/h6-7,9,13,15,21H,3-5,8,10,18H2,1-2H3,(H,19,22);(H,3,4)(H,5,6)/t13-,15+;/m1./s1. The molecule has 0 aromatic heterocycles. The molecule has 0 aliphatic carbocycles. The Bertz CT molecular complexity index is 754. The average Bonchev–Trinajstić information content (AvgIpc) is 3.05. The van der Waals surface area contributed by atoms with Gasteiger partial charge in [0.05, 0.1) is 6.04 Å². The number of amides is 2. The number of phenols is 1. The molecule has 0 radical (unpaired) electrons. The second-order valence-electron chi connectivity index (χ2n) is 6.51. The van der Waals surface area contributed by atoms with Gasteiger partial charge in [0.25, 0.3) is 0 Å². The first-order valence-electron chi connectivity index (χ1n) is 9.28. The monoisotopic (exact) mass is 409 g/mol. The van der Waals surface area contributed by atoms with Crippen LogP contribution in [0.4, 0.5) is 5.69 Å². The molecule has 0 saturated carbocycles. The highest BCUT2D eigenvalue weighted by atomic mass is 16.4. The lowest BCUT2D eigenvalue weighted by Gasteiger charge is -2.27. The van der Waals surface area contributed by atoms with Crippen LogP contribution in [-0.2, 0) is 25.6 Å².